The van der Waals surface area contributed by atoms with Crippen LogP contribution >= 0.6 is 11.6 Å². The quantitative estimate of drug-likeness (QED) is 0.782. The summed E-state index contributed by atoms with van der Waals surface area (Å²) >= 11 is 6.10. The first-order chi connectivity index (χ1) is 12.2. The number of anilines is 1. The zero-order valence-electron chi connectivity index (χ0n) is 15.1. The molecule has 0 atom stereocenters. The fourth-order valence-corrected chi connectivity index (χ4v) is 3.79. The molecule has 0 heterocycles. The van der Waals surface area contributed by atoms with E-state index in [1.165, 1.54) is 4.31 Å². The summed E-state index contributed by atoms with van der Waals surface area (Å²) in [4.78, 5) is 12.2. The fraction of sp³-hybridized carbons (Fsp3) is 0.316. The molecule has 0 saturated carbocycles. The first-order valence-electron chi connectivity index (χ1n) is 8.23. The number of nitrogens with one attached hydrogen (secondary N) is 1. The van der Waals surface area contributed by atoms with Gasteiger partial charge in [-0.3, -0.25) is 9.10 Å². The standard InChI is InChI=1S/C19H23ClN2O3S/c1-14-6-4-7-16(12-14)13-21-19(23)10-11-22(26(3,24)25)18-9-5-8-17(20)15(18)2/h4-9,12H,10-11,13H2,1-3H3,(H,21,23). The van der Waals surface area contributed by atoms with Crippen molar-refractivity contribution in [1.82, 2.24) is 5.32 Å². The van der Waals surface area contributed by atoms with Gasteiger partial charge in [0.2, 0.25) is 15.9 Å². The van der Waals surface area contributed by atoms with Crippen molar-refractivity contribution in [3.05, 3.63) is 64.2 Å². The Bertz CT molecular complexity index is 897. The number of nitrogens with zero attached hydrogens (tertiary/aromatic N) is 1. The molecular weight excluding hydrogens is 372 g/mol. The molecule has 1 amide bonds. The second kappa shape index (κ2) is 8.56. The van der Waals surface area contributed by atoms with Gasteiger partial charge in [0.25, 0.3) is 0 Å². The van der Waals surface area contributed by atoms with E-state index in [4.69, 9.17) is 11.6 Å². The van der Waals surface area contributed by atoms with Crippen LogP contribution in [0, 0.1) is 13.8 Å². The Labute approximate surface area is 160 Å². The summed E-state index contributed by atoms with van der Waals surface area (Å²) in [6.07, 6.45) is 1.18. The van der Waals surface area contributed by atoms with Crippen LogP contribution < -0.4 is 9.62 Å². The number of amides is 1. The molecular formula is C19H23ClN2O3S. The number of carbonyl (C=O) groups is 1. The van der Waals surface area contributed by atoms with Gasteiger partial charge >= 0.3 is 0 Å². The molecule has 0 aliphatic carbocycles. The summed E-state index contributed by atoms with van der Waals surface area (Å²) < 4.78 is 25.6. The van der Waals surface area contributed by atoms with E-state index in [0.717, 1.165) is 17.4 Å². The number of benzene rings is 2. The Hall–Kier alpha value is -2.05. The minimum absolute atomic E-state index is 0.0552. The largest absolute Gasteiger partial charge is 0.352 e. The number of halogens is 1. The number of aryl methyl sites for hydroxylation is 1. The molecule has 2 aromatic carbocycles. The van der Waals surface area contributed by atoms with Crippen LogP contribution in [0.2, 0.25) is 5.02 Å². The number of rotatable bonds is 7. The summed E-state index contributed by atoms with van der Waals surface area (Å²) in [6.45, 7) is 4.21. The molecule has 0 bridgehead atoms. The molecule has 26 heavy (non-hydrogen) atoms. The normalized spacial score (nSPS) is 11.2. The van der Waals surface area contributed by atoms with E-state index < -0.39 is 10.0 Å². The molecule has 0 unspecified atom stereocenters. The lowest BCUT2D eigenvalue weighted by Gasteiger charge is -2.24. The maximum absolute atomic E-state index is 12.2. The van der Waals surface area contributed by atoms with Gasteiger partial charge < -0.3 is 5.32 Å². The van der Waals surface area contributed by atoms with E-state index in [1.807, 2.05) is 31.2 Å². The van der Waals surface area contributed by atoms with Gasteiger partial charge in [-0.15, -0.1) is 0 Å². The minimum atomic E-state index is -3.53. The van der Waals surface area contributed by atoms with Crippen molar-refractivity contribution in [2.75, 3.05) is 17.1 Å². The molecule has 5 nitrogen and oxygen atoms in total. The molecule has 0 aliphatic rings. The lowest BCUT2D eigenvalue weighted by Crippen LogP contribution is -2.35. The summed E-state index contributed by atoms with van der Waals surface area (Å²) in [7, 11) is -3.53. The summed E-state index contributed by atoms with van der Waals surface area (Å²) in [5, 5.41) is 3.31. The van der Waals surface area contributed by atoms with Gasteiger partial charge in [0, 0.05) is 24.5 Å². The van der Waals surface area contributed by atoms with Gasteiger partial charge in [-0.1, -0.05) is 47.5 Å². The molecule has 1 N–H and O–H groups in total. The van der Waals surface area contributed by atoms with Gasteiger partial charge in [-0.05, 0) is 37.1 Å². The van der Waals surface area contributed by atoms with Crippen molar-refractivity contribution in [1.29, 1.82) is 0 Å². The average Bonchev–Trinajstić information content (AvgIpc) is 2.56. The highest BCUT2D eigenvalue weighted by Gasteiger charge is 2.21. The van der Waals surface area contributed by atoms with Crippen LogP contribution in [0.15, 0.2) is 42.5 Å². The van der Waals surface area contributed by atoms with Crippen LogP contribution in [0.1, 0.15) is 23.1 Å². The molecule has 0 aromatic heterocycles. The summed E-state index contributed by atoms with van der Waals surface area (Å²) in [5.41, 5.74) is 3.28. The van der Waals surface area contributed by atoms with Gasteiger partial charge in [0.1, 0.15) is 0 Å². The topological polar surface area (TPSA) is 66.5 Å². The number of hydrogen-bond donors (Lipinski definition) is 1. The van der Waals surface area contributed by atoms with Crippen molar-refractivity contribution in [3.63, 3.8) is 0 Å². The van der Waals surface area contributed by atoms with E-state index in [0.29, 0.717) is 22.8 Å². The van der Waals surface area contributed by atoms with Crippen molar-refractivity contribution in [2.24, 2.45) is 0 Å². The number of hydrogen-bond acceptors (Lipinski definition) is 3. The van der Waals surface area contributed by atoms with Gasteiger partial charge in [0.15, 0.2) is 0 Å². The molecule has 2 aromatic rings. The lowest BCUT2D eigenvalue weighted by atomic mass is 10.1. The predicted octanol–water partition coefficient (Wildman–Crippen LogP) is 3.43. The highest BCUT2D eigenvalue weighted by molar-refractivity contribution is 7.92. The van der Waals surface area contributed by atoms with E-state index in [9.17, 15) is 13.2 Å². The van der Waals surface area contributed by atoms with Crippen LogP contribution in [-0.2, 0) is 21.4 Å². The van der Waals surface area contributed by atoms with Gasteiger partial charge in [-0.2, -0.15) is 0 Å². The molecule has 0 radical (unpaired) electrons. The highest BCUT2D eigenvalue weighted by atomic mass is 35.5. The molecule has 0 fully saturated rings. The van der Waals surface area contributed by atoms with Crippen LogP contribution in [0.3, 0.4) is 0 Å². The van der Waals surface area contributed by atoms with Crippen LogP contribution in [-0.4, -0.2) is 27.1 Å². The Kier molecular flexibility index (Phi) is 6.67. The summed E-state index contributed by atoms with van der Waals surface area (Å²) in [5.74, 6) is -0.208. The van der Waals surface area contributed by atoms with Crippen LogP contribution in [0.4, 0.5) is 5.69 Å². The van der Waals surface area contributed by atoms with Crippen LogP contribution in [0.25, 0.3) is 0 Å². The Morgan fingerprint density at radius 2 is 1.85 bits per heavy atom. The zero-order chi connectivity index (χ0) is 19.3. The van der Waals surface area contributed by atoms with E-state index in [2.05, 4.69) is 5.32 Å². The minimum Gasteiger partial charge on any atom is -0.352 e. The van der Waals surface area contributed by atoms with Gasteiger partial charge in [0.05, 0.1) is 11.9 Å². The average molecular weight is 395 g/mol. The predicted molar refractivity (Wildman–Crippen MR) is 106 cm³/mol. The van der Waals surface area contributed by atoms with Crippen molar-refractivity contribution in [2.45, 2.75) is 26.8 Å². The van der Waals surface area contributed by atoms with Crippen molar-refractivity contribution in [3.8, 4) is 0 Å². The monoisotopic (exact) mass is 394 g/mol. The molecule has 2 rings (SSSR count). The maximum atomic E-state index is 12.2. The molecule has 0 spiro atoms. The second-order valence-corrected chi connectivity index (χ2v) is 8.55. The third kappa shape index (κ3) is 5.47. The van der Waals surface area contributed by atoms with Crippen molar-refractivity contribution < 1.29 is 13.2 Å². The fourth-order valence-electron chi connectivity index (χ4n) is 2.65. The third-order valence-electron chi connectivity index (χ3n) is 4.02. The smallest absolute Gasteiger partial charge is 0.232 e. The SMILES string of the molecule is Cc1cccc(CNC(=O)CCN(c2cccc(Cl)c2C)S(C)(=O)=O)c1. The Balaban J connectivity index is 2.03. The lowest BCUT2D eigenvalue weighted by molar-refractivity contribution is -0.121. The molecule has 7 heteroatoms. The molecule has 0 saturated heterocycles. The van der Waals surface area contributed by atoms with Gasteiger partial charge in [-0.25, -0.2) is 8.42 Å². The Morgan fingerprint density at radius 3 is 2.50 bits per heavy atom. The van der Waals surface area contributed by atoms with E-state index in [-0.39, 0.29) is 18.9 Å². The number of sulfonamides is 1. The molecule has 140 valence electrons. The van der Waals surface area contributed by atoms with E-state index in [1.54, 1.807) is 25.1 Å². The zero-order valence-corrected chi connectivity index (χ0v) is 16.7. The highest BCUT2D eigenvalue weighted by Crippen LogP contribution is 2.28. The Morgan fingerprint density at radius 1 is 1.15 bits per heavy atom. The van der Waals surface area contributed by atoms with Crippen molar-refractivity contribution >= 4 is 33.2 Å². The summed E-state index contributed by atoms with van der Waals surface area (Å²) in [6, 6.07) is 12.9. The molecule has 0 aliphatic heterocycles. The van der Waals surface area contributed by atoms with Crippen LogP contribution in [0.5, 0.6) is 0 Å². The third-order valence-corrected chi connectivity index (χ3v) is 5.61. The maximum Gasteiger partial charge on any atom is 0.232 e. The first-order valence-corrected chi connectivity index (χ1v) is 10.5. The first kappa shape index (κ1) is 20.3. The van der Waals surface area contributed by atoms with E-state index >= 15 is 0 Å². The second-order valence-electron chi connectivity index (χ2n) is 6.23. The number of carbonyl (C=O) groups excluding carboxylic acids is 1.